The molecule has 2 heteroatoms. The quantitative estimate of drug-likeness (QED) is 0.764. The van der Waals surface area contributed by atoms with Crippen LogP contribution in [-0.4, -0.2) is 24.1 Å². The summed E-state index contributed by atoms with van der Waals surface area (Å²) in [4.78, 5) is 2.13. The second kappa shape index (κ2) is 4.40. The van der Waals surface area contributed by atoms with Crippen molar-refractivity contribution >= 4 is 0 Å². The van der Waals surface area contributed by atoms with Gasteiger partial charge in [-0.15, -0.1) is 0 Å². The molecule has 1 atom stereocenters. The minimum atomic E-state index is 0.119. The third-order valence-electron chi connectivity index (χ3n) is 2.45. The lowest BCUT2D eigenvalue weighted by atomic mass is 10.0. The minimum absolute atomic E-state index is 0.119. The molecule has 0 spiro atoms. The van der Waals surface area contributed by atoms with Crippen LogP contribution >= 0.6 is 0 Å². The molecule has 0 aliphatic carbocycles. The van der Waals surface area contributed by atoms with E-state index in [2.05, 4.69) is 17.9 Å². The van der Waals surface area contributed by atoms with Crippen molar-refractivity contribution in [2.24, 2.45) is 0 Å². The van der Waals surface area contributed by atoms with Crippen molar-refractivity contribution in [2.75, 3.05) is 14.1 Å². The summed E-state index contributed by atoms with van der Waals surface area (Å²) < 4.78 is 0. The summed E-state index contributed by atoms with van der Waals surface area (Å²) >= 11 is 0. The van der Waals surface area contributed by atoms with E-state index in [4.69, 9.17) is 5.11 Å². The van der Waals surface area contributed by atoms with Crippen LogP contribution in [0.2, 0.25) is 0 Å². The topological polar surface area (TPSA) is 23.5 Å². The predicted molar refractivity (Wildman–Crippen MR) is 54.5 cm³/mol. The van der Waals surface area contributed by atoms with Gasteiger partial charge in [0.25, 0.3) is 0 Å². The minimum Gasteiger partial charge on any atom is -0.392 e. The highest BCUT2D eigenvalue weighted by molar-refractivity contribution is 5.28. The Bertz CT molecular complexity index is 271. The normalized spacial score (nSPS) is 13.3. The van der Waals surface area contributed by atoms with Gasteiger partial charge in [0.15, 0.2) is 0 Å². The molecule has 2 nitrogen and oxygen atoms in total. The molecule has 1 aromatic rings. The van der Waals surface area contributed by atoms with Crippen LogP contribution in [0.1, 0.15) is 24.1 Å². The summed E-state index contributed by atoms with van der Waals surface area (Å²) in [5.74, 6) is 0. The molecule has 0 aliphatic rings. The summed E-state index contributed by atoms with van der Waals surface area (Å²) in [5, 5.41) is 9.13. The summed E-state index contributed by atoms with van der Waals surface area (Å²) in [5.41, 5.74) is 2.22. The van der Waals surface area contributed by atoms with Gasteiger partial charge in [0.05, 0.1) is 6.61 Å². The Balaban J connectivity index is 2.98. The van der Waals surface area contributed by atoms with Gasteiger partial charge in [-0.1, -0.05) is 24.3 Å². The highest BCUT2D eigenvalue weighted by atomic mass is 16.3. The molecule has 1 unspecified atom stereocenters. The second-order valence-electron chi connectivity index (χ2n) is 3.50. The van der Waals surface area contributed by atoms with Crippen LogP contribution in [0.3, 0.4) is 0 Å². The number of benzene rings is 1. The Morgan fingerprint density at radius 1 is 1.31 bits per heavy atom. The lowest BCUT2D eigenvalue weighted by Gasteiger charge is -2.22. The molecule has 0 radical (unpaired) electrons. The molecule has 0 heterocycles. The zero-order chi connectivity index (χ0) is 9.84. The smallest absolute Gasteiger partial charge is 0.0685 e. The molecule has 0 saturated heterocycles. The highest BCUT2D eigenvalue weighted by Crippen LogP contribution is 2.21. The lowest BCUT2D eigenvalue weighted by molar-refractivity contribution is 0.271. The van der Waals surface area contributed by atoms with Crippen LogP contribution in [-0.2, 0) is 6.61 Å². The van der Waals surface area contributed by atoms with Gasteiger partial charge in [-0.2, -0.15) is 0 Å². The zero-order valence-corrected chi connectivity index (χ0v) is 8.49. The maximum atomic E-state index is 9.13. The van der Waals surface area contributed by atoms with E-state index in [9.17, 15) is 0 Å². The fraction of sp³-hybridized carbons (Fsp3) is 0.455. The van der Waals surface area contributed by atoms with Crippen molar-refractivity contribution in [3.63, 3.8) is 0 Å². The Kier molecular flexibility index (Phi) is 3.46. The summed E-state index contributed by atoms with van der Waals surface area (Å²) in [6.45, 7) is 2.25. The third kappa shape index (κ3) is 2.29. The standard InChI is InChI=1S/C11H17NO/c1-9(12(2)3)11-7-5-4-6-10(11)8-13/h4-7,9,13H,8H2,1-3H3. The molecule has 0 aromatic heterocycles. The van der Waals surface area contributed by atoms with Crippen LogP contribution in [0.5, 0.6) is 0 Å². The van der Waals surface area contributed by atoms with Crippen LogP contribution in [0, 0.1) is 0 Å². The summed E-state index contributed by atoms with van der Waals surface area (Å²) in [7, 11) is 4.08. The number of nitrogens with zero attached hydrogens (tertiary/aromatic N) is 1. The van der Waals surface area contributed by atoms with E-state index in [0.29, 0.717) is 6.04 Å². The Morgan fingerprint density at radius 3 is 2.46 bits per heavy atom. The fourth-order valence-electron chi connectivity index (χ4n) is 1.36. The Labute approximate surface area is 79.8 Å². The van der Waals surface area contributed by atoms with Gasteiger partial charge in [-0.3, -0.25) is 0 Å². The van der Waals surface area contributed by atoms with Crippen molar-refractivity contribution < 1.29 is 5.11 Å². The van der Waals surface area contributed by atoms with Gasteiger partial charge < -0.3 is 10.0 Å². The molecule has 0 aliphatic heterocycles. The molecule has 0 saturated carbocycles. The highest BCUT2D eigenvalue weighted by Gasteiger charge is 2.10. The first-order valence-electron chi connectivity index (χ1n) is 4.52. The summed E-state index contributed by atoms with van der Waals surface area (Å²) in [6.07, 6.45) is 0. The monoisotopic (exact) mass is 179 g/mol. The van der Waals surface area contributed by atoms with Gasteiger partial charge in [-0.25, -0.2) is 0 Å². The molecule has 1 rings (SSSR count). The maximum Gasteiger partial charge on any atom is 0.0685 e. The average molecular weight is 179 g/mol. The molecule has 1 N–H and O–H groups in total. The maximum absolute atomic E-state index is 9.13. The van der Waals surface area contributed by atoms with E-state index in [1.54, 1.807) is 0 Å². The van der Waals surface area contributed by atoms with Crippen molar-refractivity contribution in [3.8, 4) is 0 Å². The van der Waals surface area contributed by atoms with Gasteiger partial charge >= 0.3 is 0 Å². The second-order valence-corrected chi connectivity index (χ2v) is 3.50. The van der Waals surface area contributed by atoms with Crippen LogP contribution in [0.25, 0.3) is 0 Å². The molecule has 0 fully saturated rings. The summed E-state index contributed by atoms with van der Waals surface area (Å²) in [6, 6.07) is 8.35. The van der Waals surface area contributed by atoms with Crippen LogP contribution in [0.4, 0.5) is 0 Å². The van der Waals surface area contributed by atoms with E-state index in [0.717, 1.165) is 5.56 Å². The van der Waals surface area contributed by atoms with Crippen molar-refractivity contribution in [1.82, 2.24) is 4.90 Å². The number of hydrogen-bond donors (Lipinski definition) is 1. The third-order valence-corrected chi connectivity index (χ3v) is 2.45. The number of aliphatic hydroxyl groups excluding tert-OH is 1. The van der Waals surface area contributed by atoms with Crippen molar-refractivity contribution in [2.45, 2.75) is 19.6 Å². The molecular formula is C11H17NO. The first kappa shape index (κ1) is 10.2. The van der Waals surface area contributed by atoms with Gasteiger partial charge in [0, 0.05) is 6.04 Å². The van der Waals surface area contributed by atoms with Crippen molar-refractivity contribution in [3.05, 3.63) is 35.4 Å². The first-order chi connectivity index (χ1) is 6.16. The number of rotatable bonds is 3. The molecule has 13 heavy (non-hydrogen) atoms. The number of aliphatic hydroxyl groups is 1. The molecular weight excluding hydrogens is 162 g/mol. The molecule has 1 aromatic carbocycles. The lowest BCUT2D eigenvalue weighted by Crippen LogP contribution is -2.18. The zero-order valence-electron chi connectivity index (χ0n) is 8.49. The van der Waals surface area contributed by atoms with Gasteiger partial charge in [0.1, 0.15) is 0 Å². The first-order valence-corrected chi connectivity index (χ1v) is 4.52. The average Bonchev–Trinajstić information content (AvgIpc) is 2.16. The van der Waals surface area contributed by atoms with E-state index in [1.165, 1.54) is 5.56 Å². The SMILES string of the molecule is CC(c1ccccc1CO)N(C)C. The predicted octanol–water partition coefficient (Wildman–Crippen LogP) is 1.80. The van der Waals surface area contributed by atoms with E-state index in [-0.39, 0.29) is 6.61 Å². The number of hydrogen-bond acceptors (Lipinski definition) is 2. The Hall–Kier alpha value is -0.860. The van der Waals surface area contributed by atoms with E-state index < -0.39 is 0 Å². The Morgan fingerprint density at radius 2 is 1.92 bits per heavy atom. The van der Waals surface area contributed by atoms with E-state index in [1.807, 2.05) is 32.3 Å². The molecule has 0 bridgehead atoms. The van der Waals surface area contributed by atoms with Crippen LogP contribution < -0.4 is 0 Å². The molecule has 72 valence electrons. The van der Waals surface area contributed by atoms with E-state index >= 15 is 0 Å². The van der Waals surface area contributed by atoms with Gasteiger partial charge in [-0.05, 0) is 32.1 Å². The molecule has 0 amide bonds. The van der Waals surface area contributed by atoms with Crippen molar-refractivity contribution in [1.29, 1.82) is 0 Å². The largest absolute Gasteiger partial charge is 0.392 e. The van der Waals surface area contributed by atoms with Gasteiger partial charge in [0.2, 0.25) is 0 Å². The fourth-order valence-corrected chi connectivity index (χ4v) is 1.36. The van der Waals surface area contributed by atoms with Crippen LogP contribution in [0.15, 0.2) is 24.3 Å².